The van der Waals surface area contributed by atoms with E-state index in [0.29, 0.717) is 21.3 Å². The molecule has 2 atom stereocenters. The highest BCUT2D eigenvalue weighted by Crippen LogP contribution is 2.46. The van der Waals surface area contributed by atoms with Gasteiger partial charge in [-0.1, -0.05) is 73.1 Å². The quantitative estimate of drug-likeness (QED) is 0.318. The third-order valence-electron chi connectivity index (χ3n) is 7.70. The number of esters is 1. The van der Waals surface area contributed by atoms with E-state index < -0.39 is 5.97 Å². The van der Waals surface area contributed by atoms with Crippen LogP contribution in [0.15, 0.2) is 34.7 Å². The number of amides is 2. The van der Waals surface area contributed by atoms with Crippen LogP contribution in [0.1, 0.15) is 68.9 Å². The number of hydrogen-bond donors (Lipinski definition) is 0. The number of hydrogen-bond acceptors (Lipinski definition) is 6. The summed E-state index contributed by atoms with van der Waals surface area (Å²) >= 11 is 6.66. The molecule has 6 nitrogen and oxygen atoms in total. The molecular formula is C27H32N2O4S2. The highest BCUT2D eigenvalue weighted by atomic mass is 32.2. The van der Waals surface area contributed by atoms with Crippen molar-refractivity contribution in [3.05, 3.63) is 45.9 Å². The molecule has 2 aliphatic heterocycles. The fourth-order valence-electron chi connectivity index (χ4n) is 5.86. The lowest BCUT2D eigenvalue weighted by atomic mass is 9.82. The molecule has 0 spiro atoms. The van der Waals surface area contributed by atoms with Gasteiger partial charge in [0, 0.05) is 24.1 Å². The molecule has 2 heterocycles. The predicted molar refractivity (Wildman–Crippen MR) is 139 cm³/mol. The fourth-order valence-corrected chi connectivity index (χ4v) is 7.24. The Balaban J connectivity index is 1.35. The summed E-state index contributed by atoms with van der Waals surface area (Å²) in [6.07, 6.45) is 8.96. The van der Waals surface area contributed by atoms with Crippen LogP contribution in [0.2, 0.25) is 0 Å². The summed E-state index contributed by atoms with van der Waals surface area (Å²) < 4.78 is 5.95. The summed E-state index contributed by atoms with van der Waals surface area (Å²) in [6.45, 7) is 2.40. The van der Waals surface area contributed by atoms with Crippen LogP contribution >= 0.6 is 24.0 Å². The van der Waals surface area contributed by atoms with Gasteiger partial charge in [-0.25, -0.2) is 0 Å². The van der Waals surface area contributed by atoms with Crippen molar-refractivity contribution in [2.45, 2.75) is 83.4 Å². The molecule has 2 amide bonds. The number of carbonyl (C=O) groups excluding carboxylic acids is 3. The van der Waals surface area contributed by atoms with Crippen molar-refractivity contribution in [1.82, 2.24) is 9.80 Å². The van der Waals surface area contributed by atoms with Crippen molar-refractivity contribution in [3.63, 3.8) is 0 Å². The number of carbonyl (C=O) groups is 3. The molecule has 0 radical (unpaired) electrons. The van der Waals surface area contributed by atoms with E-state index in [9.17, 15) is 14.4 Å². The van der Waals surface area contributed by atoms with Gasteiger partial charge in [-0.05, 0) is 51.0 Å². The second-order valence-corrected chi connectivity index (χ2v) is 11.8. The van der Waals surface area contributed by atoms with Crippen LogP contribution in [0.5, 0.6) is 0 Å². The molecule has 186 valence electrons. The standard InChI is InChI=1S/C27H32N2O4S2/c1-17-11-13-18(14-12-17)15-28-21-10-6-5-9-20(21)23(25(28)31)24-26(32)29(27(34)35-24)16-22(30)33-19-7-3-2-4-8-19/h11-14,19-21H,2-10,15-16H2,1H3/b24-23-/t20-,21-/m0/s1. The zero-order chi connectivity index (χ0) is 24.5. The zero-order valence-electron chi connectivity index (χ0n) is 20.2. The maximum Gasteiger partial charge on any atom is 0.326 e. The van der Waals surface area contributed by atoms with Crippen LogP contribution < -0.4 is 0 Å². The molecule has 2 saturated heterocycles. The Morgan fingerprint density at radius 1 is 1.00 bits per heavy atom. The number of thiocarbonyl (C=S) groups is 1. The first-order valence-electron chi connectivity index (χ1n) is 12.8. The van der Waals surface area contributed by atoms with Gasteiger partial charge in [0.15, 0.2) is 0 Å². The topological polar surface area (TPSA) is 66.9 Å². The Hall–Kier alpha value is -2.19. The molecule has 1 aromatic rings. The molecule has 0 aromatic heterocycles. The predicted octanol–water partition coefficient (Wildman–Crippen LogP) is 4.89. The number of likely N-dealkylation sites (tertiary alicyclic amines) is 1. The van der Waals surface area contributed by atoms with Gasteiger partial charge in [0.2, 0.25) is 0 Å². The van der Waals surface area contributed by atoms with Crippen molar-refractivity contribution in [3.8, 4) is 0 Å². The third kappa shape index (κ3) is 5.05. The van der Waals surface area contributed by atoms with Crippen LogP contribution in [0, 0.1) is 12.8 Å². The summed E-state index contributed by atoms with van der Waals surface area (Å²) in [5.74, 6) is -0.781. The van der Waals surface area contributed by atoms with Crippen LogP contribution in [0.3, 0.4) is 0 Å². The summed E-state index contributed by atoms with van der Waals surface area (Å²) in [6, 6.07) is 8.36. The summed E-state index contributed by atoms with van der Waals surface area (Å²) in [4.78, 5) is 43.4. The number of aryl methyl sites for hydroxylation is 1. The molecule has 4 aliphatic rings. The van der Waals surface area contributed by atoms with Gasteiger partial charge in [-0.15, -0.1) is 0 Å². The van der Waals surface area contributed by atoms with E-state index in [-0.39, 0.29) is 36.4 Å². The molecule has 8 heteroatoms. The number of fused-ring (bicyclic) bond motifs is 1. The molecule has 0 N–H and O–H groups in total. The van der Waals surface area contributed by atoms with Crippen LogP contribution in [-0.2, 0) is 25.7 Å². The molecule has 2 saturated carbocycles. The minimum absolute atomic E-state index is 0.0325. The summed E-state index contributed by atoms with van der Waals surface area (Å²) in [5, 5.41) is 0. The van der Waals surface area contributed by atoms with Gasteiger partial charge in [-0.2, -0.15) is 0 Å². The molecule has 0 bridgehead atoms. The smallest absolute Gasteiger partial charge is 0.326 e. The van der Waals surface area contributed by atoms with E-state index in [1.165, 1.54) is 28.6 Å². The van der Waals surface area contributed by atoms with Gasteiger partial charge >= 0.3 is 5.97 Å². The average Bonchev–Trinajstić information content (AvgIpc) is 3.28. The SMILES string of the molecule is Cc1ccc(CN2C(=O)/C(=C3\SC(=S)N(CC(=O)OC4CCCCC4)C3=O)[C@H]3CCCC[C@@H]32)cc1. The lowest BCUT2D eigenvalue weighted by Gasteiger charge is -2.31. The minimum atomic E-state index is -0.422. The monoisotopic (exact) mass is 512 g/mol. The molecule has 5 rings (SSSR count). The summed E-state index contributed by atoms with van der Waals surface area (Å²) in [7, 11) is 0. The van der Waals surface area contributed by atoms with E-state index >= 15 is 0 Å². The third-order valence-corrected chi connectivity index (χ3v) is 9.16. The van der Waals surface area contributed by atoms with Crippen LogP contribution in [-0.4, -0.2) is 50.6 Å². The van der Waals surface area contributed by atoms with Gasteiger partial charge in [-0.3, -0.25) is 19.3 Å². The van der Waals surface area contributed by atoms with Crippen molar-refractivity contribution in [2.75, 3.05) is 6.54 Å². The molecular weight excluding hydrogens is 480 g/mol. The molecule has 35 heavy (non-hydrogen) atoms. The number of rotatable bonds is 5. The van der Waals surface area contributed by atoms with E-state index in [0.717, 1.165) is 56.9 Å². The Morgan fingerprint density at radius 2 is 1.69 bits per heavy atom. The lowest BCUT2D eigenvalue weighted by molar-refractivity contribution is -0.152. The molecule has 4 fully saturated rings. The highest BCUT2D eigenvalue weighted by molar-refractivity contribution is 8.26. The van der Waals surface area contributed by atoms with E-state index in [1.807, 2.05) is 11.8 Å². The van der Waals surface area contributed by atoms with Gasteiger partial charge in [0.1, 0.15) is 17.0 Å². The number of ether oxygens (including phenoxy) is 1. The van der Waals surface area contributed by atoms with Gasteiger partial charge in [0.25, 0.3) is 11.8 Å². The molecule has 0 unspecified atom stereocenters. The maximum atomic E-state index is 13.7. The second-order valence-electron chi connectivity index (χ2n) is 10.1. The van der Waals surface area contributed by atoms with Crippen LogP contribution in [0.4, 0.5) is 0 Å². The normalized spacial score (nSPS) is 27.5. The maximum absolute atomic E-state index is 13.7. The fraction of sp³-hybridized carbons (Fsp3) is 0.556. The Morgan fingerprint density at radius 3 is 2.43 bits per heavy atom. The zero-order valence-corrected chi connectivity index (χ0v) is 21.8. The Kier molecular flexibility index (Phi) is 7.30. The van der Waals surface area contributed by atoms with Crippen molar-refractivity contribution in [2.24, 2.45) is 5.92 Å². The number of thioether (sulfide) groups is 1. The summed E-state index contributed by atoms with van der Waals surface area (Å²) in [5.41, 5.74) is 2.87. The molecule has 2 aliphatic carbocycles. The van der Waals surface area contributed by atoms with E-state index in [2.05, 4.69) is 24.3 Å². The first-order valence-corrected chi connectivity index (χ1v) is 14.0. The first kappa shape index (κ1) is 24.5. The number of nitrogens with zero attached hydrogens (tertiary/aromatic N) is 2. The van der Waals surface area contributed by atoms with Crippen molar-refractivity contribution in [1.29, 1.82) is 0 Å². The van der Waals surface area contributed by atoms with E-state index in [4.69, 9.17) is 17.0 Å². The first-order chi connectivity index (χ1) is 16.9. The average molecular weight is 513 g/mol. The Labute approximate surface area is 216 Å². The Bertz CT molecular complexity index is 1060. The molecule has 1 aromatic carbocycles. The van der Waals surface area contributed by atoms with Gasteiger partial charge < -0.3 is 9.64 Å². The minimum Gasteiger partial charge on any atom is -0.461 e. The second kappa shape index (κ2) is 10.4. The van der Waals surface area contributed by atoms with Crippen molar-refractivity contribution < 1.29 is 19.1 Å². The largest absolute Gasteiger partial charge is 0.461 e. The van der Waals surface area contributed by atoms with Crippen LogP contribution in [0.25, 0.3) is 0 Å². The lowest BCUT2D eigenvalue weighted by Crippen LogP contribution is -2.36. The van der Waals surface area contributed by atoms with Gasteiger partial charge in [0.05, 0.1) is 4.91 Å². The number of benzene rings is 1. The van der Waals surface area contributed by atoms with E-state index in [1.54, 1.807) is 0 Å². The van der Waals surface area contributed by atoms with Crippen molar-refractivity contribution >= 4 is 46.1 Å². The highest BCUT2D eigenvalue weighted by Gasteiger charge is 2.49.